The van der Waals surface area contributed by atoms with Gasteiger partial charge in [-0.1, -0.05) is 65.3 Å². The summed E-state index contributed by atoms with van der Waals surface area (Å²) in [5, 5.41) is 7.83. The molecule has 1 unspecified atom stereocenters. The van der Waals surface area contributed by atoms with E-state index in [2.05, 4.69) is 85.9 Å². The van der Waals surface area contributed by atoms with Crippen LogP contribution in [0.1, 0.15) is 71.1 Å². The third-order valence-electron chi connectivity index (χ3n) is 7.03. The van der Waals surface area contributed by atoms with Crippen LogP contribution in [0.4, 0.5) is 5.69 Å². The highest BCUT2D eigenvalue weighted by Crippen LogP contribution is 2.51. The predicted octanol–water partition coefficient (Wildman–Crippen LogP) is 7.85. The quantitative estimate of drug-likeness (QED) is 0.221. The van der Waals surface area contributed by atoms with E-state index in [1.54, 1.807) is 0 Å². The van der Waals surface area contributed by atoms with Gasteiger partial charge in [-0.3, -0.25) is 4.79 Å². The van der Waals surface area contributed by atoms with Crippen LogP contribution in [0.3, 0.4) is 0 Å². The number of aryl methyl sites for hydroxylation is 1. The standard InChI is InChI=1S/C31H38N2O3/c1-6-35-28(34)20-31(18-19-31)27-16-14-25(15-17-27)24-10-12-26(13-11-24)30-29(23(5)33-36-30)32-22(4)9-7-8-21(2)3/h8,10-17,22,32H,6-7,9,18-20H2,1-5H3. The van der Waals surface area contributed by atoms with Crippen LogP contribution in [0.2, 0.25) is 0 Å². The lowest BCUT2D eigenvalue weighted by atomic mass is 9.91. The molecule has 1 aromatic heterocycles. The molecule has 5 nitrogen and oxygen atoms in total. The lowest BCUT2D eigenvalue weighted by molar-refractivity contribution is -0.143. The Kier molecular flexibility index (Phi) is 7.97. The maximum absolute atomic E-state index is 12.0. The highest BCUT2D eigenvalue weighted by atomic mass is 16.5. The van der Waals surface area contributed by atoms with Crippen molar-refractivity contribution in [1.82, 2.24) is 5.16 Å². The number of benzene rings is 2. The minimum Gasteiger partial charge on any atom is -0.466 e. The number of nitrogens with zero attached hydrogens (tertiary/aromatic N) is 1. The number of allylic oxidation sites excluding steroid dienone is 2. The van der Waals surface area contributed by atoms with E-state index in [4.69, 9.17) is 9.26 Å². The summed E-state index contributed by atoms with van der Waals surface area (Å²) >= 11 is 0. The van der Waals surface area contributed by atoms with Gasteiger partial charge in [-0.15, -0.1) is 0 Å². The first-order valence-electron chi connectivity index (χ1n) is 13.0. The Morgan fingerprint density at radius 1 is 1.08 bits per heavy atom. The van der Waals surface area contributed by atoms with Crippen molar-refractivity contribution in [1.29, 1.82) is 0 Å². The Morgan fingerprint density at radius 2 is 1.69 bits per heavy atom. The SMILES string of the molecule is CCOC(=O)CC1(c2ccc(-c3ccc(-c4onc(C)c4NC(C)CCC=C(C)C)cc3)cc2)CC1. The highest BCUT2D eigenvalue weighted by molar-refractivity contribution is 5.77. The summed E-state index contributed by atoms with van der Waals surface area (Å²) in [5.74, 6) is 0.673. The molecule has 190 valence electrons. The second-order valence-electron chi connectivity index (χ2n) is 10.3. The first kappa shape index (κ1) is 25.7. The van der Waals surface area contributed by atoms with Gasteiger partial charge in [0.15, 0.2) is 5.76 Å². The molecule has 0 radical (unpaired) electrons. The van der Waals surface area contributed by atoms with Crippen molar-refractivity contribution in [3.8, 4) is 22.5 Å². The van der Waals surface area contributed by atoms with E-state index >= 15 is 0 Å². The molecule has 0 spiro atoms. The van der Waals surface area contributed by atoms with Crippen LogP contribution < -0.4 is 5.32 Å². The number of rotatable bonds is 11. The van der Waals surface area contributed by atoms with Gasteiger partial charge in [-0.2, -0.15) is 0 Å². The molecule has 1 atom stereocenters. The average Bonchev–Trinajstić information content (AvgIpc) is 3.55. The first-order valence-corrected chi connectivity index (χ1v) is 13.0. The Labute approximate surface area is 214 Å². The lowest BCUT2D eigenvalue weighted by Gasteiger charge is -2.15. The fourth-order valence-corrected chi connectivity index (χ4v) is 4.71. The molecule has 36 heavy (non-hydrogen) atoms. The van der Waals surface area contributed by atoms with Crippen molar-refractivity contribution in [2.24, 2.45) is 0 Å². The van der Waals surface area contributed by atoms with Crippen molar-refractivity contribution in [3.05, 3.63) is 71.4 Å². The molecule has 4 rings (SSSR count). The maximum atomic E-state index is 12.0. The zero-order valence-electron chi connectivity index (χ0n) is 22.2. The summed E-state index contributed by atoms with van der Waals surface area (Å²) in [5.41, 5.74) is 7.67. The van der Waals surface area contributed by atoms with Crippen molar-refractivity contribution in [2.45, 2.75) is 78.2 Å². The van der Waals surface area contributed by atoms with E-state index in [0.717, 1.165) is 59.5 Å². The Bertz CT molecular complexity index is 1200. The molecule has 1 aliphatic carbocycles. The number of nitrogens with one attached hydrogen (secondary N) is 1. The van der Waals surface area contributed by atoms with Crippen molar-refractivity contribution >= 4 is 11.7 Å². The molecule has 1 fully saturated rings. The van der Waals surface area contributed by atoms with Gasteiger partial charge in [0.2, 0.25) is 0 Å². The second kappa shape index (κ2) is 11.2. The van der Waals surface area contributed by atoms with Gasteiger partial charge in [0, 0.05) is 17.0 Å². The fourth-order valence-electron chi connectivity index (χ4n) is 4.71. The van der Waals surface area contributed by atoms with E-state index in [1.807, 2.05) is 13.8 Å². The van der Waals surface area contributed by atoms with E-state index < -0.39 is 0 Å². The predicted molar refractivity (Wildman–Crippen MR) is 146 cm³/mol. The Hall–Kier alpha value is -3.34. The minimum atomic E-state index is -0.103. The van der Waals surface area contributed by atoms with Gasteiger partial charge in [0.1, 0.15) is 11.4 Å². The Balaban J connectivity index is 1.45. The fraction of sp³-hybridized carbons (Fsp3) is 0.419. The maximum Gasteiger partial charge on any atom is 0.306 e. The number of anilines is 1. The monoisotopic (exact) mass is 486 g/mol. The summed E-state index contributed by atoms with van der Waals surface area (Å²) in [6.07, 6.45) is 6.92. The molecule has 0 saturated heterocycles. The molecule has 1 aliphatic rings. The van der Waals surface area contributed by atoms with Gasteiger partial charge >= 0.3 is 5.97 Å². The smallest absolute Gasteiger partial charge is 0.306 e. The van der Waals surface area contributed by atoms with Crippen LogP contribution >= 0.6 is 0 Å². The van der Waals surface area contributed by atoms with Crippen molar-refractivity contribution < 1.29 is 14.1 Å². The molecule has 1 N–H and O–H groups in total. The van der Waals surface area contributed by atoms with E-state index in [9.17, 15) is 4.79 Å². The van der Waals surface area contributed by atoms with E-state index in [-0.39, 0.29) is 11.4 Å². The van der Waals surface area contributed by atoms with Gasteiger partial charge in [-0.25, -0.2) is 0 Å². The summed E-state index contributed by atoms with van der Waals surface area (Å²) in [4.78, 5) is 12.0. The van der Waals surface area contributed by atoms with Crippen LogP contribution in [-0.4, -0.2) is 23.8 Å². The van der Waals surface area contributed by atoms with Gasteiger partial charge in [0.05, 0.1) is 13.0 Å². The summed E-state index contributed by atoms with van der Waals surface area (Å²) in [6, 6.07) is 17.4. The molecule has 5 heteroatoms. The van der Waals surface area contributed by atoms with Crippen LogP contribution in [0.15, 0.2) is 64.7 Å². The molecule has 1 heterocycles. The van der Waals surface area contributed by atoms with E-state index in [0.29, 0.717) is 19.1 Å². The highest BCUT2D eigenvalue weighted by Gasteiger charge is 2.46. The molecule has 0 aliphatic heterocycles. The summed E-state index contributed by atoms with van der Waals surface area (Å²) < 4.78 is 10.9. The zero-order chi connectivity index (χ0) is 25.7. The van der Waals surface area contributed by atoms with Gasteiger partial charge in [0.25, 0.3) is 0 Å². The number of esters is 1. The number of carbonyl (C=O) groups is 1. The topological polar surface area (TPSA) is 64.4 Å². The number of hydrogen-bond acceptors (Lipinski definition) is 5. The van der Waals surface area contributed by atoms with Gasteiger partial charge < -0.3 is 14.6 Å². The largest absolute Gasteiger partial charge is 0.466 e. The number of carbonyl (C=O) groups excluding carboxylic acids is 1. The van der Waals surface area contributed by atoms with Crippen LogP contribution in [-0.2, 0) is 14.9 Å². The molecular formula is C31H38N2O3. The third-order valence-corrected chi connectivity index (χ3v) is 7.03. The second-order valence-corrected chi connectivity index (χ2v) is 10.3. The number of ether oxygens (including phenoxy) is 1. The Morgan fingerprint density at radius 3 is 2.28 bits per heavy atom. The van der Waals surface area contributed by atoms with Crippen molar-refractivity contribution in [2.75, 3.05) is 11.9 Å². The normalized spacial score (nSPS) is 14.7. The van der Waals surface area contributed by atoms with Crippen LogP contribution in [0.5, 0.6) is 0 Å². The first-order chi connectivity index (χ1) is 17.3. The van der Waals surface area contributed by atoms with Crippen molar-refractivity contribution in [3.63, 3.8) is 0 Å². The molecule has 0 bridgehead atoms. The average molecular weight is 487 g/mol. The molecule has 2 aromatic carbocycles. The third kappa shape index (κ3) is 6.07. The van der Waals surface area contributed by atoms with Crippen LogP contribution in [0, 0.1) is 6.92 Å². The number of aromatic nitrogens is 1. The molecular weight excluding hydrogens is 448 g/mol. The van der Waals surface area contributed by atoms with E-state index in [1.165, 1.54) is 11.1 Å². The minimum absolute atomic E-state index is 0.0367. The molecule has 0 amide bonds. The molecule has 3 aromatic rings. The molecule has 1 saturated carbocycles. The summed E-state index contributed by atoms with van der Waals surface area (Å²) in [7, 11) is 0. The van der Waals surface area contributed by atoms with Gasteiger partial charge in [-0.05, 0) is 77.0 Å². The summed E-state index contributed by atoms with van der Waals surface area (Å²) in [6.45, 7) is 10.7. The zero-order valence-corrected chi connectivity index (χ0v) is 22.2. The van der Waals surface area contributed by atoms with Crippen LogP contribution in [0.25, 0.3) is 22.5 Å². The number of hydrogen-bond donors (Lipinski definition) is 1. The lowest BCUT2D eigenvalue weighted by Crippen LogP contribution is -2.15.